The molecule has 1 aromatic carbocycles. The summed E-state index contributed by atoms with van der Waals surface area (Å²) in [5.41, 5.74) is 2.04. The van der Waals surface area contributed by atoms with Crippen molar-refractivity contribution in [3.8, 4) is 0 Å². The Hall–Kier alpha value is -0.650. The summed E-state index contributed by atoms with van der Waals surface area (Å²) in [5.74, 6) is 0. The number of fused-ring (bicyclic) bond motifs is 1. The smallest absolute Gasteiger partial charge is 0.0897 e. The molecule has 1 aliphatic carbocycles. The van der Waals surface area contributed by atoms with Crippen LogP contribution in [-0.2, 0) is 13.0 Å². The molecule has 1 heterocycles. The molecule has 0 aliphatic heterocycles. The second-order valence-corrected chi connectivity index (χ2v) is 7.60. The van der Waals surface area contributed by atoms with Crippen molar-refractivity contribution in [3.05, 3.63) is 49.4 Å². The van der Waals surface area contributed by atoms with E-state index < -0.39 is 6.10 Å². The number of hydrogen-bond donors (Lipinski definition) is 1. The summed E-state index contributed by atoms with van der Waals surface area (Å²) >= 11 is 14.0. The lowest BCUT2D eigenvalue weighted by atomic mass is 10.1. The Bertz CT molecular complexity index is 674. The highest BCUT2D eigenvalue weighted by Crippen LogP contribution is 2.41. The van der Waals surface area contributed by atoms with Gasteiger partial charge in [-0.05, 0) is 37.2 Å². The third-order valence-corrected chi connectivity index (χ3v) is 5.29. The molecular weight excluding hydrogens is 327 g/mol. The van der Waals surface area contributed by atoms with Gasteiger partial charge in [-0.25, -0.2) is 4.98 Å². The molecule has 2 unspecified atom stereocenters. The van der Waals surface area contributed by atoms with Crippen LogP contribution in [0.25, 0.3) is 0 Å². The number of benzene rings is 1. The highest BCUT2D eigenvalue weighted by atomic mass is 35.5. The quantitative estimate of drug-likeness (QED) is 0.920. The van der Waals surface area contributed by atoms with Crippen LogP contribution in [0.2, 0.25) is 10.0 Å². The zero-order chi connectivity index (χ0) is 15.1. The summed E-state index contributed by atoms with van der Waals surface area (Å²) in [6.07, 6.45) is 2.00. The van der Waals surface area contributed by atoms with E-state index in [-0.39, 0.29) is 6.04 Å². The van der Waals surface area contributed by atoms with Crippen molar-refractivity contribution < 1.29 is 5.11 Å². The van der Waals surface area contributed by atoms with E-state index in [1.54, 1.807) is 17.4 Å². The summed E-state index contributed by atoms with van der Waals surface area (Å²) < 4.78 is 0. The Morgan fingerprint density at radius 2 is 2.19 bits per heavy atom. The third-order valence-electron chi connectivity index (χ3n) is 3.84. The molecule has 0 amide bonds. The molecule has 0 saturated heterocycles. The Morgan fingerprint density at radius 1 is 1.43 bits per heavy atom. The van der Waals surface area contributed by atoms with Crippen LogP contribution in [0.4, 0.5) is 0 Å². The lowest BCUT2D eigenvalue weighted by molar-refractivity contribution is 0.0730. The van der Waals surface area contributed by atoms with Crippen LogP contribution in [0.3, 0.4) is 0 Å². The lowest BCUT2D eigenvalue weighted by Crippen LogP contribution is -2.30. The number of hydrogen-bond acceptors (Lipinski definition) is 4. The second-order valence-electron chi connectivity index (χ2n) is 5.43. The predicted molar refractivity (Wildman–Crippen MR) is 87.2 cm³/mol. The van der Waals surface area contributed by atoms with Crippen molar-refractivity contribution in [2.75, 3.05) is 7.05 Å². The predicted octanol–water partition coefficient (Wildman–Crippen LogP) is 3.85. The van der Waals surface area contributed by atoms with E-state index in [0.29, 0.717) is 16.5 Å². The summed E-state index contributed by atoms with van der Waals surface area (Å²) in [5, 5.41) is 12.7. The molecule has 0 fully saturated rings. The number of thiazole rings is 1. The minimum Gasteiger partial charge on any atom is -0.391 e. The first-order valence-electron chi connectivity index (χ1n) is 6.73. The standard InChI is InChI=1S/C15H16Cl2N2OS/c1-8-18-6-10(21-8)7-19(2)15-12-3-9(16)4-13(17)11(12)5-14(15)20/h3-4,6,14-15,20H,5,7H2,1-2H3. The van der Waals surface area contributed by atoms with Gasteiger partial charge in [-0.15, -0.1) is 11.3 Å². The number of aliphatic hydroxyl groups is 1. The van der Waals surface area contributed by atoms with Crippen molar-refractivity contribution in [1.29, 1.82) is 0 Å². The fourth-order valence-electron chi connectivity index (χ4n) is 2.98. The van der Waals surface area contributed by atoms with E-state index in [9.17, 15) is 5.11 Å². The Kier molecular flexibility index (Phi) is 4.26. The molecule has 1 aliphatic rings. The summed E-state index contributed by atoms with van der Waals surface area (Å²) in [4.78, 5) is 7.59. The third kappa shape index (κ3) is 2.96. The van der Waals surface area contributed by atoms with Crippen LogP contribution >= 0.6 is 34.5 Å². The number of likely N-dealkylation sites (N-methyl/N-ethyl adjacent to an activating group) is 1. The van der Waals surface area contributed by atoms with E-state index in [1.807, 2.05) is 26.2 Å². The van der Waals surface area contributed by atoms with Gasteiger partial charge < -0.3 is 5.11 Å². The maximum absolute atomic E-state index is 10.4. The van der Waals surface area contributed by atoms with E-state index in [2.05, 4.69) is 9.88 Å². The normalized spacial score (nSPS) is 21.0. The van der Waals surface area contributed by atoms with Gasteiger partial charge in [-0.2, -0.15) is 0 Å². The fraction of sp³-hybridized carbons (Fsp3) is 0.400. The molecule has 0 saturated carbocycles. The average Bonchev–Trinajstić information content (AvgIpc) is 2.92. The van der Waals surface area contributed by atoms with Gasteiger partial charge in [0, 0.05) is 34.1 Å². The summed E-state index contributed by atoms with van der Waals surface area (Å²) in [6.45, 7) is 2.74. The largest absolute Gasteiger partial charge is 0.391 e. The number of aryl methyl sites for hydroxylation is 1. The van der Waals surface area contributed by atoms with E-state index in [0.717, 1.165) is 22.7 Å². The highest BCUT2D eigenvalue weighted by Gasteiger charge is 2.35. The molecule has 2 aromatic rings. The SMILES string of the molecule is Cc1ncc(CN(C)C2c3cc(Cl)cc(Cl)c3CC2O)s1. The number of halogens is 2. The first-order chi connectivity index (χ1) is 9.95. The molecule has 1 aromatic heterocycles. The zero-order valence-corrected chi connectivity index (χ0v) is 14.1. The van der Waals surface area contributed by atoms with Crippen LogP contribution in [0, 0.1) is 6.92 Å². The molecule has 21 heavy (non-hydrogen) atoms. The van der Waals surface area contributed by atoms with Gasteiger partial charge in [0.25, 0.3) is 0 Å². The molecule has 0 radical (unpaired) electrons. The number of aliphatic hydroxyl groups excluding tert-OH is 1. The first-order valence-corrected chi connectivity index (χ1v) is 8.30. The molecule has 0 spiro atoms. The van der Waals surface area contributed by atoms with Crippen molar-refractivity contribution in [1.82, 2.24) is 9.88 Å². The molecule has 3 rings (SSSR count). The number of nitrogens with zero attached hydrogens (tertiary/aromatic N) is 2. The molecule has 6 heteroatoms. The van der Waals surface area contributed by atoms with Crippen LogP contribution in [-0.4, -0.2) is 28.1 Å². The zero-order valence-electron chi connectivity index (χ0n) is 11.8. The summed E-state index contributed by atoms with van der Waals surface area (Å²) in [7, 11) is 2.01. The van der Waals surface area contributed by atoms with E-state index in [4.69, 9.17) is 23.2 Å². The van der Waals surface area contributed by atoms with E-state index >= 15 is 0 Å². The second kappa shape index (κ2) is 5.86. The summed E-state index contributed by atoms with van der Waals surface area (Å²) in [6, 6.07) is 3.57. The lowest BCUT2D eigenvalue weighted by Gasteiger charge is -2.27. The minimum absolute atomic E-state index is 0.0846. The van der Waals surface area contributed by atoms with Crippen molar-refractivity contribution in [3.63, 3.8) is 0 Å². The monoisotopic (exact) mass is 342 g/mol. The molecular formula is C15H16Cl2N2OS. The molecule has 112 valence electrons. The molecule has 0 bridgehead atoms. The van der Waals surface area contributed by atoms with Crippen LogP contribution in [0.5, 0.6) is 0 Å². The van der Waals surface area contributed by atoms with Gasteiger partial charge in [0.15, 0.2) is 0 Å². The topological polar surface area (TPSA) is 36.4 Å². The highest BCUT2D eigenvalue weighted by molar-refractivity contribution is 7.11. The number of aromatic nitrogens is 1. The van der Waals surface area contributed by atoms with E-state index in [1.165, 1.54) is 4.88 Å². The average molecular weight is 343 g/mol. The molecule has 2 atom stereocenters. The maximum atomic E-state index is 10.4. The van der Waals surface area contributed by atoms with Gasteiger partial charge >= 0.3 is 0 Å². The Labute approximate surface area is 138 Å². The van der Waals surface area contributed by atoms with Gasteiger partial charge in [0.05, 0.1) is 17.2 Å². The van der Waals surface area contributed by atoms with Gasteiger partial charge in [0.2, 0.25) is 0 Å². The van der Waals surface area contributed by atoms with Gasteiger partial charge in [0.1, 0.15) is 0 Å². The van der Waals surface area contributed by atoms with Crippen molar-refractivity contribution in [2.45, 2.75) is 32.0 Å². The molecule has 3 nitrogen and oxygen atoms in total. The van der Waals surface area contributed by atoms with Gasteiger partial charge in [-0.1, -0.05) is 23.2 Å². The maximum Gasteiger partial charge on any atom is 0.0897 e. The Balaban J connectivity index is 1.89. The van der Waals surface area contributed by atoms with Crippen molar-refractivity contribution >= 4 is 34.5 Å². The minimum atomic E-state index is -0.463. The fourth-order valence-corrected chi connectivity index (χ4v) is 4.43. The van der Waals surface area contributed by atoms with Gasteiger partial charge in [-0.3, -0.25) is 4.90 Å². The molecule has 1 N–H and O–H groups in total. The Morgan fingerprint density at radius 3 is 2.86 bits per heavy atom. The van der Waals surface area contributed by atoms with Crippen molar-refractivity contribution in [2.24, 2.45) is 0 Å². The van der Waals surface area contributed by atoms with Crippen LogP contribution in [0.1, 0.15) is 27.1 Å². The van der Waals surface area contributed by atoms with Crippen LogP contribution < -0.4 is 0 Å². The number of rotatable bonds is 3. The van der Waals surface area contributed by atoms with Crippen LogP contribution in [0.15, 0.2) is 18.3 Å². The first kappa shape index (κ1) is 15.3.